The summed E-state index contributed by atoms with van der Waals surface area (Å²) < 4.78 is 5.83. The number of anilines is 1. The van der Waals surface area contributed by atoms with E-state index >= 15 is 0 Å². The number of nitrogens with one attached hydrogen (secondary N) is 1. The topological polar surface area (TPSA) is 47.0 Å². The first-order chi connectivity index (χ1) is 12.9. The molecule has 0 fully saturated rings. The molecule has 0 aliphatic carbocycles. The fraction of sp³-hybridized carbons (Fsp3) is 0.273. The molecule has 4 rings (SSSR count). The van der Waals surface area contributed by atoms with Crippen molar-refractivity contribution in [2.75, 3.05) is 11.9 Å². The Morgan fingerprint density at radius 3 is 2.70 bits per heavy atom. The summed E-state index contributed by atoms with van der Waals surface area (Å²) in [4.78, 5) is 9.14. The normalized spacial score (nSPS) is 14.5. The third-order valence-electron chi connectivity index (χ3n) is 4.99. The number of aryl methyl sites for hydroxylation is 1. The van der Waals surface area contributed by atoms with E-state index in [2.05, 4.69) is 48.2 Å². The lowest BCUT2D eigenvalue weighted by atomic mass is 9.85. The molecule has 2 heterocycles. The van der Waals surface area contributed by atoms with Gasteiger partial charge in [0.15, 0.2) is 0 Å². The van der Waals surface area contributed by atoms with Gasteiger partial charge in [-0.3, -0.25) is 4.98 Å². The van der Waals surface area contributed by atoms with Crippen LogP contribution in [0.3, 0.4) is 0 Å². The second kappa shape index (κ2) is 6.86. The van der Waals surface area contributed by atoms with Crippen molar-refractivity contribution in [1.29, 1.82) is 0 Å². The fourth-order valence-corrected chi connectivity index (χ4v) is 3.53. The Balaban J connectivity index is 1.55. The van der Waals surface area contributed by atoms with Gasteiger partial charge in [0, 0.05) is 28.1 Å². The smallest absolute Gasteiger partial charge is 0.144 e. The molecule has 0 atom stereocenters. The SMILES string of the molecule is Cc1cc2c(cc1-c1cnc(NCc3ccccc3Cl)cn1)C(C)(C)CO2. The molecule has 0 radical (unpaired) electrons. The van der Waals surface area contributed by atoms with Gasteiger partial charge in [0.1, 0.15) is 11.6 Å². The van der Waals surface area contributed by atoms with E-state index in [9.17, 15) is 0 Å². The first-order valence-electron chi connectivity index (χ1n) is 9.02. The van der Waals surface area contributed by atoms with Gasteiger partial charge in [-0.25, -0.2) is 4.98 Å². The standard InChI is InChI=1S/C22H22ClN3O/c1-14-8-20-17(22(2,3)13-27-20)9-16(14)19-11-26-21(12-24-19)25-10-15-6-4-5-7-18(15)23/h4-9,11-12H,10,13H2,1-3H3,(H,25,26). The van der Waals surface area contributed by atoms with E-state index in [1.54, 1.807) is 6.20 Å². The van der Waals surface area contributed by atoms with Crippen molar-refractivity contribution in [2.24, 2.45) is 0 Å². The van der Waals surface area contributed by atoms with Crippen LogP contribution in [0.2, 0.25) is 5.02 Å². The second-order valence-corrected chi connectivity index (χ2v) is 7.97. The van der Waals surface area contributed by atoms with Crippen LogP contribution < -0.4 is 10.1 Å². The molecule has 1 aliphatic rings. The van der Waals surface area contributed by atoms with Gasteiger partial charge in [0.05, 0.1) is 24.7 Å². The van der Waals surface area contributed by atoms with Gasteiger partial charge >= 0.3 is 0 Å². The Kier molecular flexibility index (Phi) is 4.52. The average Bonchev–Trinajstić information content (AvgIpc) is 2.95. The molecule has 0 bridgehead atoms. The zero-order chi connectivity index (χ0) is 19.0. The van der Waals surface area contributed by atoms with Gasteiger partial charge in [0.2, 0.25) is 0 Å². The highest BCUT2D eigenvalue weighted by Crippen LogP contribution is 2.41. The van der Waals surface area contributed by atoms with Gasteiger partial charge in [-0.2, -0.15) is 0 Å². The lowest BCUT2D eigenvalue weighted by molar-refractivity contribution is 0.291. The van der Waals surface area contributed by atoms with Crippen LogP contribution in [0, 0.1) is 6.92 Å². The number of hydrogen-bond acceptors (Lipinski definition) is 4. The molecule has 4 nitrogen and oxygen atoms in total. The highest BCUT2D eigenvalue weighted by Gasteiger charge is 2.32. The third-order valence-corrected chi connectivity index (χ3v) is 5.36. The summed E-state index contributed by atoms with van der Waals surface area (Å²) in [6.45, 7) is 7.80. The highest BCUT2D eigenvalue weighted by atomic mass is 35.5. The lowest BCUT2D eigenvalue weighted by Gasteiger charge is -2.16. The Morgan fingerprint density at radius 1 is 1.15 bits per heavy atom. The van der Waals surface area contributed by atoms with Crippen molar-refractivity contribution in [2.45, 2.75) is 32.7 Å². The predicted molar refractivity (Wildman–Crippen MR) is 110 cm³/mol. The largest absolute Gasteiger partial charge is 0.492 e. The molecule has 5 heteroatoms. The number of hydrogen-bond donors (Lipinski definition) is 1. The lowest BCUT2D eigenvalue weighted by Crippen LogP contribution is -2.18. The van der Waals surface area contributed by atoms with Crippen molar-refractivity contribution >= 4 is 17.4 Å². The van der Waals surface area contributed by atoms with Gasteiger partial charge < -0.3 is 10.1 Å². The zero-order valence-corrected chi connectivity index (χ0v) is 16.5. The quantitative estimate of drug-likeness (QED) is 0.660. The summed E-state index contributed by atoms with van der Waals surface area (Å²) in [5.74, 6) is 1.70. The minimum Gasteiger partial charge on any atom is -0.492 e. The summed E-state index contributed by atoms with van der Waals surface area (Å²) in [5.41, 5.74) is 5.37. The summed E-state index contributed by atoms with van der Waals surface area (Å²) in [5, 5.41) is 4.02. The van der Waals surface area contributed by atoms with Gasteiger partial charge in [-0.1, -0.05) is 43.6 Å². The van der Waals surface area contributed by atoms with E-state index in [1.165, 1.54) is 5.56 Å². The Hall–Kier alpha value is -2.59. The van der Waals surface area contributed by atoms with Crippen LogP contribution in [0.5, 0.6) is 5.75 Å². The Labute approximate surface area is 164 Å². The molecule has 1 N–H and O–H groups in total. The Morgan fingerprint density at radius 2 is 1.96 bits per heavy atom. The van der Waals surface area contributed by atoms with E-state index in [-0.39, 0.29) is 5.41 Å². The van der Waals surface area contributed by atoms with Crippen molar-refractivity contribution < 1.29 is 4.74 Å². The summed E-state index contributed by atoms with van der Waals surface area (Å²) in [7, 11) is 0. The first kappa shape index (κ1) is 17.8. The van der Waals surface area contributed by atoms with Crippen molar-refractivity contribution in [3.05, 3.63) is 70.5 Å². The van der Waals surface area contributed by atoms with Crippen LogP contribution in [0.4, 0.5) is 5.82 Å². The molecule has 0 saturated carbocycles. The summed E-state index contributed by atoms with van der Waals surface area (Å²) in [6, 6.07) is 12.1. The molecule has 27 heavy (non-hydrogen) atoms. The fourth-order valence-electron chi connectivity index (χ4n) is 3.33. The summed E-state index contributed by atoms with van der Waals surface area (Å²) in [6.07, 6.45) is 3.58. The van der Waals surface area contributed by atoms with Crippen LogP contribution >= 0.6 is 11.6 Å². The number of fused-ring (bicyclic) bond motifs is 1. The maximum atomic E-state index is 6.20. The van der Waals surface area contributed by atoms with Crippen molar-refractivity contribution in [3.8, 4) is 17.0 Å². The average molecular weight is 380 g/mol. The van der Waals surface area contributed by atoms with Gasteiger partial charge in [-0.05, 0) is 36.2 Å². The molecule has 0 saturated heterocycles. The number of benzene rings is 2. The molecular weight excluding hydrogens is 358 g/mol. The van der Waals surface area contributed by atoms with Gasteiger partial charge in [0.25, 0.3) is 0 Å². The molecule has 0 amide bonds. The third kappa shape index (κ3) is 3.50. The minimum absolute atomic E-state index is 0.0155. The monoisotopic (exact) mass is 379 g/mol. The number of ether oxygens (including phenoxy) is 1. The Bertz CT molecular complexity index is 983. The molecule has 2 aromatic carbocycles. The number of nitrogens with zero attached hydrogens (tertiary/aromatic N) is 2. The number of aromatic nitrogens is 2. The molecule has 0 spiro atoms. The van der Waals surface area contributed by atoms with Gasteiger partial charge in [-0.15, -0.1) is 0 Å². The minimum atomic E-state index is 0.0155. The van der Waals surface area contributed by atoms with E-state index < -0.39 is 0 Å². The van der Waals surface area contributed by atoms with Crippen molar-refractivity contribution in [3.63, 3.8) is 0 Å². The number of rotatable bonds is 4. The zero-order valence-electron chi connectivity index (χ0n) is 15.7. The summed E-state index contributed by atoms with van der Waals surface area (Å²) >= 11 is 6.20. The predicted octanol–water partition coefficient (Wildman–Crippen LogP) is 5.39. The molecular formula is C22H22ClN3O. The van der Waals surface area contributed by atoms with Crippen LogP contribution in [0.1, 0.15) is 30.5 Å². The van der Waals surface area contributed by atoms with Crippen LogP contribution in [-0.4, -0.2) is 16.6 Å². The van der Waals surface area contributed by atoms with Crippen LogP contribution in [-0.2, 0) is 12.0 Å². The van der Waals surface area contributed by atoms with Crippen molar-refractivity contribution in [1.82, 2.24) is 9.97 Å². The molecule has 1 aromatic heterocycles. The molecule has 0 unspecified atom stereocenters. The molecule has 138 valence electrons. The highest BCUT2D eigenvalue weighted by molar-refractivity contribution is 6.31. The van der Waals surface area contributed by atoms with Crippen LogP contribution in [0.25, 0.3) is 11.3 Å². The second-order valence-electron chi connectivity index (χ2n) is 7.57. The van der Waals surface area contributed by atoms with E-state index in [0.717, 1.165) is 39.0 Å². The molecule has 3 aromatic rings. The maximum absolute atomic E-state index is 6.20. The van der Waals surface area contributed by atoms with Crippen LogP contribution in [0.15, 0.2) is 48.8 Å². The van der Waals surface area contributed by atoms with E-state index in [1.807, 2.05) is 30.5 Å². The maximum Gasteiger partial charge on any atom is 0.144 e. The van der Waals surface area contributed by atoms with E-state index in [4.69, 9.17) is 16.3 Å². The van der Waals surface area contributed by atoms with E-state index in [0.29, 0.717) is 13.2 Å². The number of halogens is 1. The first-order valence-corrected chi connectivity index (χ1v) is 9.39. The molecule has 1 aliphatic heterocycles.